The van der Waals surface area contributed by atoms with E-state index in [0.717, 1.165) is 36.2 Å². The number of rotatable bonds is 10. The summed E-state index contributed by atoms with van der Waals surface area (Å²) in [5.41, 5.74) is 1.98. The van der Waals surface area contributed by atoms with Crippen molar-refractivity contribution in [1.82, 2.24) is 25.5 Å². The van der Waals surface area contributed by atoms with Gasteiger partial charge in [-0.05, 0) is 38.7 Å². The number of methoxy groups -OCH3 is 1. The maximum atomic E-state index is 12.7. The van der Waals surface area contributed by atoms with Gasteiger partial charge in [0.05, 0.1) is 25.3 Å². The summed E-state index contributed by atoms with van der Waals surface area (Å²) in [6.45, 7) is 7.09. The Balaban J connectivity index is 1.53. The van der Waals surface area contributed by atoms with Gasteiger partial charge in [-0.2, -0.15) is 9.97 Å². The molecule has 0 spiro atoms. The van der Waals surface area contributed by atoms with Gasteiger partial charge in [-0.3, -0.25) is 9.59 Å². The van der Waals surface area contributed by atoms with Gasteiger partial charge in [-0.25, -0.2) is 0 Å². The molecule has 9 heteroatoms. The van der Waals surface area contributed by atoms with Crippen LogP contribution < -0.4 is 20.1 Å². The van der Waals surface area contributed by atoms with Crippen LogP contribution in [0.15, 0.2) is 30.3 Å². The molecule has 0 unspecified atom stereocenters. The van der Waals surface area contributed by atoms with Gasteiger partial charge in [0.2, 0.25) is 23.6 Å². The number of nitrogens with zero attached hydrogens (tertiary/aromatic N) is 3. The molecule has 1 aromatic heterocycles. The molecule has 194 valence electrons. The summed E-state index contributed by atoms with van der Waals surface area (Å²) in [7, 11) is 1.63. The molecule has 4 rings (SSSR count). The molecule has 2 atom stereocenters. The molecule has 9 nitrogen and oxygen atoms in total. The van der Waals surface area contributed by atoms with Gasteiger partial charge in [0, 0.05) is 44.4 Å². The summed E-state index contributed by atoms with van der Waals surface area (Å²) in [6.07, 6.45) is 2.94. The van der Waals surface area contributed by atoms with Gasteiger partial charge in [0.1, 0.15) is 5.82 Å². The summed E-state index contributed by atoms with van der Waals surface area (Å²) in [5.74, 6) is 2.12. The van der Waals surface area contributed by atoms with Crippen molar-refractivity contribution >= 4 is 11.8 Å². The molecule has 2 amide bonds. The fourth-order valence-electron chi connectivity index (χ4n) is 4.63. The van der Waals surface area contributed by atoms with E-state index in [1.165, 1.54) is 6.92 Å². The van der Waals surface area contributed by atoms with Crippen molar-refractivity contribution < 1.29 is 19.1 Å². The second kappa shape index (κ2) is 11.7. The first-order chi connectivity index (χ1) is 17.4. The topological polar surface area (TPSA) is 106 Å². The van der Waals surface area contributed by atoms with Crippen molar-refractivity contribution in [2.24, 2.45) is 0 Å². The van der Waals surface area contributed by atoms with Crippen LogP contribution in [0.2, 0.25) is 0 Å². The van der Waals surface area contributed by atoms with Crippen LogP contribution in [-0.2, 0) is 16.1 Å². The van der Waals surface area contributed by atoms with Gasteiger partial charge in [0.15, 0.2) is 0 Å². The molecule has 0 bridgehead atoms. The number of hydrogen-bond acceptors (Lipinski definition) is 7. The molecule has 2 fully saturated rings. The number of carbonyl (C=O) groups excluding carboxylic acids is 2. The van der Waals surface area contributed by atoms with E-state index in [4.69, 9.17) is 19.4 Å². The number of amides is 2. The van der Waals surface area contributed by atoms with Crippen LogP contribution in [0.25, 0.3) is 0 Å². The van der Waals surface area contributed by atoms with Crippen LogP contribution >= 0.6 is 0 Å². The lowest BCUT2D eigenvalue weighted by atomic mass is 9.85. The monoisotopic (exact) mass is 495 g/mol. The van der Waals surface area contributed by atoms with Gasteiger partial charge in [-0.1, -0.05) is 30.3 Å². The van der Waals surface area contributed by atoms with Crippen LogP contribution in [0.4, 0.5) is 0 Å². The summed E-state index contributed by atoms with van der Waals surface area (Å²) in [4.78, 5) is 35.3. The molecule has 1 aromatic carbocycles. The Morgan fingerprint density at radius 1 is 1.11 bits per heavy atom. The normalized spacial score (nSPS) is 19.8. The second-order valence-corrected chi connectivity index (χ2v) is 9.86. The lowest BCUT2D eigenvalue weighted by Crippen LogP contribution is -2.51. The third-order valence-electron chi connectivity index (χ3n) is 6.65. The van der Waals surface area contributed by atoms with Gasteiger partial charge in [0.25, 0.3) is 0 Å². The summed E-state index contributed by atoms with van der Waals surface area (Å²) in [6, 6.07) is 10.4. The first-order valence-corrected chi connectivity index (χ1v) is 12.8. The highest BCUT2D eigenvalue weighted by atomic mass is 16.5. The number of aromatic nitrogens is 2. The Hall–Kier alpha value is -3.20. The quantitative estimate of drug-likeness (QED) is 0.522. The Kier molecular flexibility index (Phi) is 8.40. The first-order valence-electron chi connectivity index (χ1n) is 12.8. The average Bonchev–Trinajstić information content (AvgIpc) is 3.72. The van der Waals surface area contributed by atoms with E-state index in [9.17, 15) is 9.59 Å². The summed E-state index contributed by atoms with van der Waals surface area (Å²) in [5, 5.41) is 6.32. The van der Waals surface area contributed by atoms with Gasteiger partial charge >= 0.3 is 0 Å². The Morgan fingerprint density at radius 2 is 1.83 bits per heavy atom. The lowest BCUT2D eigenvalue weighted by molar-refractivity contribution is -0.133. The highest BCUT2D eigenvalue weighted by Crippen LogP contribution is 2.40. The molecule has 1 saturated heterocycles. The minimum Gasteiger partial charge on any atom is -0.481 e. The van der Waals surface area contributed by atoms with E-state index < -0.39 is 0 Å². The minimum atomic E-state index is -0.206. The number of benzene rings is 1. The number of carbonyl (C=O) groups is 2. The van der Waals surface area contributed by atoms with E-state index in [1.54, 1.807) is 7.11 Å². The number of hydrogen-bond donors (Lipinski definition) is 2. The molecule has 1 aliphatic carbocycles. The molecule has 2 heterocycles. The highest BCUT2D eigenvalue weighted by Gasteiger charge is 2.34. The third-order valence-corrected chi connectivity index (χ3v) is 6.65. The average molecular weight is 496 g/mol. The van der Waals surface area contributed by atoms with E-state index in [0.29, 0.717) is 37.3 Å². The SMILES string of the molecule is COc1nc(C2CC2)nc(OC(C)C)c1CN[C@H]1CCN(C(=O)CNC(C)=O)C[C@H]1c1ccccc1. The van der Waals surface area contributed by atoms with Gasteiger partial charge < -0.3 is 25.0 Å². The lowest BCUT2D eigenvalue weighted by Gasteiger charge is -2.39. The second-order valence-electron chi connectivity index (χ2n) is 9.86. The molecule has 1 aliphatic heterocycles. The third kappa shape index (κ3) is 6.51. The van der Waals surface area contributed by atoms with Crippen molar-refractivity contribution in [3.63, 3.8) is 0 Å². The highest BCUT2D eigenvalue weighted by molar-refractivity contribution is 5.83. The largest absolute Gasteiger partial charge is 0.481 e. The predicted molar refractivity (Wildman–Crippen MR) is 136 cm³/mol. The molecule has 2 aliphatic rings. The van der Waals surface area contributed by atoms with E-state index in [1.807, 2.05) is 36.9 Å². The van der Waals surface area contributed by atoms with Crippen molar-refractivity contribution in [2.45, 2.75) is 70.6 Å². The zero-order valence-electron chi connectivity index (χ0n) is 21.6. The van der Waals surface area contributed by atoms with Crippen LogP contribution in [0.1, 0.15) is 68.8 Å². The standard InChI is InChI=1S/C27H37N5O4/c1-17(2)36-27-21(26(35-4)30-25(31-27)20-10-11-20)14-29-23-12-13-32(24(34)15-28-18(3)33)16-22(23)19-8-6-5-7-9-19/h5-9,17,20,22-23,29H,10-16H2,1-4H3,(H,28,33)/t22-,23-/m0/s1. The maximum Gasteiger partial charge on any atom is 0.241 e. The molecular formula is C27H37N5O4. The van der Waals surface area contributed by atoms with E-state index >= 15 is 0 Å². The summed E-state index contributed by atoms with van der Waals surface area (Å²) < 4.78 is 11.8. The van der Waals surface area contributed by atoms with Crippen molar-refractivity contribution in [2.75, 3.05) is 26.7 Å². The van der Waals surface area contributed by atoms with E-state index in [2.05, 4.69) is 22.8 Å². The van der Waals surface area contributed by atoms with Crippen LogP contribution in [0.5, 0.6) is 11.8 Å². The van der Waals surface area contributed by atoms with Gasteiger partial charge in [-0.15, -0.1) is 0 Å². The Labute approximate surface area is 213 Å². The van der Waals surface area contributed by atoms with Crippen molar-refractivity contribution in [1.29, 1.82) is 0 Å². The maximum absolute atomic E-state index is 12.7. The fourth-order valence-corrected chi connectivity index (χ4v) is 4.63. The minimum absolute atomic E-state index is 0.0206. The molecule has 36 heavy (non-hydrogen) atoms. The smallest absolute Gasteiger partial charge is 0.241 e. The number of likely N-dealkylation sites (tertiary alicyclic amines) is 1. The number of ether oxygens (including phenoxy) is 2. The molecular weight excluding hydrogens is 458 g/mol. The van der Waals surface area contributed by atoms with Crippen LogP contribution in [0.3, 0.4) is 0 Å². The zero-order chi connectivity index (χ0) is 25.7. The molecule has 1 saturated carbocycles. The van der Waals surface area contributed by atoms with E-state index in [-0.39, 0.29) is 36.4 Å². The Morgan fingerprint density at radius 3 is 2.47 bits per heavy atom. The molecule has 2 aromatic rings. The molecule has 2 N–H and O–H groups in total. The van der Waals surface area contributed by atoms with Crippen molar-refractivity contribution in [3.8, 4) is 11.8 Å². The summed E-state index contributed by atoms with van der Waals surface area (Å²) >= 11 is 0. The van der Waals surface area contributed by atoms with Crippen LogP contribution in [-0.4, -0.2) is 65.6 Å². The Bertz CT molecular complexity index is 1060. The van der Waals surface area contributed by atoms with Crippen LogP contribution in [0, 0.1) is 0 Å². The predicted octanol–water partition coefficient (Wildman–Crippen LogP) is 2.76. The molecule has 0 radical (unpaired) electrons. The first kappa shape index (κ1) is 25.9. The van der Waals surface area contributed by atoms with Crippen molar-refractivity contribution in [3.05, 3.63) is 47.3 Å². The number of nitrogens with one attached hydrogen (secondary N) is 2. The fraction of sp³-hybridized carbons (Fsp3) is 0.556. The zero-order valence-corrected chi connectivity index (χ0v) is 21.6. The number of piperidine rings is 1.